The van der Waals surface area contributed by atoms with E-state index >= 15 is 0 Å². The summed E-state index contributed by atoms with van der Waals surface area (Å²) < 4.78 is 12.8. The molecule has 1 fully saturated rings. The van der Waals surface area contributed by atoms with Crippen LogP contribution in [0, 0.1) is 6.92 Å². The summed E-state index contributed by atoms with van der Waals surface area (Å²) in [4.78, 5) is 40.9. The van der Waals surface area contributed by atoms with Crippen LogP contribution in [0.1, 0.15) is 26.4 Å². The minimum Gasteiger partial charge on any atom is -0.491 e. The first kappa shape index (κ1) is 27.5. The van der Waals surface area contributed by atoms with Gasteiger partial charge in [0.15, 0.2) is 0 Å². The van der Waals surface area contributed by atoms with Crippen LogP contribution in [0.25, 0.3) is 16.9 Å². The molecule has 9 nitrogen and oxygen atoms in total. The van der Waals surface area contributed by atoms with Gasteiger partial charge in [0.05, 0.1) is 30.0 Å². The Bertz CT molecular complexity index is 1530. The van der Waals surface area contributed by atoms with Gasteiger partial charge in [-0.15, -0.1) is 0 Å². The predicted molar refractivity (Wildman–Crippen MR) is 154 cm³/mol. The second-order valence-corrected chi connectivity index (χ2v) is 9.79. The third-order valence-corrected chi connectivity index (χ3v) is 7.21. The number of carbonyl (C=O) groups excluding carboxylic acids is 2. The molecular weight excluding hydrogens is 522 g/mol. The van der Waals surface area contributed by atoms with E-state index in [1.165, 1.54) is 12.0 Å². The Hall–Kier alpha value is -5.05. The van der Waals surface area contributed by atoms with Crippen molar-refractivity contribution in [3.05, 3.63) is 108 Å². The molecule has 4 aromatic rings. The predicted octanol–water partition coefficient (Wildman–Crippen LogP) is 5.12. The van der Waals surface area contributed by atoms with Gasteiger partial charge < -0.3 is 28.9 Å². The Morgan fingerprint density at radius 2 is 1.56 bits per heavy atom. The number of aryl methyl sites for hydroxylation is 1. The molecule has 2 amide bonds. The number of carboxylic acid groups (broad SMARTS) is 1. The lowest BCUT2D eigenvalue weighted by molar-refractivity contribution is 0.0341. The van der Waals surface area contributed by atoms with Crippen LogP contribution in [0.15, 0.2) is 91.0 Å². The van der Waals surface area contributed by atoms with Gasteiger partial charge in [-0.05, 0) is 55.0 Å². The fourth-order valence-corrected chi connectivity index (χ4v) is 5.18. The molecule has 41 heavy (non-hydrogen) atoms. The molecular formula is C32H31N3O6. The molecule has 2 heterocycles. The zero-order valence-electron chi connectivity index (χ0n) is 22.9. The van der Waals surface area contributed by atoms with Crippen molar-refractivity contribution in [1.82, 2.24) is 14.4 Å². The number of nitrogens with zero attached hydrogens (tertiary/aromatic N) is 3. The molecule has 1 N–H and O–H groups in total. The average molecular weight is 554 g/mol. The monoisotopic (exact) mass is 553 g/mol. The van der Waals surface area contributed by atoms with Gasteiger partial charge >= 0.3 is 12.1 Å². The largest absolute Gasteiger partial charge is 0.491 e. The number of hydrogen-bond acceptors (Lipinski definition) is 5. The van der Waals surface area contributed by atoms with Crippen molar-refractivity contribution in [2.45, 2.75) is 13.0 Å². The van der Waals surface area contributed by atoms with Crippen LogP contribution in [-0.4, -0.2) is 76.8 Å². The first-order valence-corrected chi connectivity index (χ1v) is 13.3. The van der Waals surface area contributed by atoms with Crippen molar-refractivity contribution in [1.29, 1.82) is 0 Å². The molecule has 9 heteroatoms. The number of rotatable bonds is 7. The van der Waals surface area contributed by atoms with Crippen molar-refractivity contribution in [3.63, 3.8) is 0 Å². The maximum absolute atomic E-state index is 14.3. The van der Waals surface area contributed by atoms with Gasteiger partial charge in [0.25, 0.3) is 5.91 Å². The van der Waals surface area contributed by atoms with Crippen LogP contribution in [0.3, 0.4) is 0 Å². The molecule has 1 aliphatic heterocycles. The van der Waals surface area contributed by atoms with Gasteiger partial charge in [-0.2, -0.15) is 0 Å². The number of hydrogen-bond donors (Lipinski definition) is 1. The van der Waals surface area contributed by atoms with Crippen LogP contribution in [0.5, 0.6) is 5.75 Å². The Morgan fingerprint density at radius 3 is 2.20 bits per heavy atom. The molecule has 5 rings (SSSR count). The Kier molecular flexibility index (Phi) is 8.05. The smallest absolute Gasteiger partial charge is 0.407 e. The quantitative estimate of drug-likeness (QED) is 0.319. The van der Waals surface area contributed by atoms with Crippen molar-refractivity contribution >= 4 is 18.0 Å². The lowest BCUT2D eigenvalue weighted by Crippen LogP contribution is -2.58. The zero-order valence-corrected chi connectivity index (χ0v) is 22.9. The first-order valence-electron chi connectivity index (χ1n) is 13.3. The molecule has 0 saturated carbocycles. The molecule has 1 atom stereocenters. The van der Waals surface area contributed by atoms with E-state index in [9.17, 15) is 19.5 Å². The van der Waals surface area contributed by atoms with E-state index in [4.69, 9.17) is 9.47 Å². The number of carbonyl (C=O) groups is 3. The SMILES string of the molecule is COC(=O)c1ccc(OCC2CN(C(=O)O)CCN2C(=O)c2cc(C)n(-c3ccccc3)c2-c2ccccc2)cc1. The highest BCUT2D eigenvalue weighted by atomic mass is 16.5. The Morgan fingerprint density at radius 1 is 0.902 bits per heavy atom. The first-order chi connectivity index (χ1) is 19.9. The number of esters is 1. The Labute approximate surface area is 238 Å². The van der Waals surface area contributed by atoms with Gasteiger partial charge in [-0.3, -0.25) is 4.79 Å². The minimum absolute atomic E-state index is 0.0755. The lowest BCUT2D eigenvalue weighted by Gasteiger charge is -2.40. The van der Waals surface area contributed by atoms with E-state index in [2.05, 4.69) is 4.57 Å². The van der Waals surface area contributed by atoms with Gasteiger partial charge in [0, 0.05) is 31.0 Å². The maximum Gasteiger partial charge on any atom is 0.407 e. The number of aromatic nitrogens is 1. The van der Waals surface area contributed by atoms with Crippen molar-refractivity contribution in [3.8, 4) is 22.7 Å². The van der Waals surface area contributed by atoms with Gasteiger partial charge in [0.2, 0.25) is 0 Å². The van der Waals surface area contributed by atoms with E-state index in [1.807, 2.05) is 73.7 Å². The molecule has 0 aliphatic carbocycles. The highest BCUT2D eigenvalue weighted by Crippen LogP contribution is 2.32. The summed E-state index contributed by atoms with van der Waals surface area (Å²) >= 11 is 0. The number of para-hydroxylation sites is 1. The minimum atomic E-state index is -1.04. The zero-order chi connectivity index (χ0) is 28.9. The summed E-state index contributed by atoms with van der Waals surface area (Å²) in [5.41, 5.74) is 4.44. The van der Waals surface area contributed by atoms with E-state index in [-0.39, 0.29) is 32.1 Å². The second-order valence-electron chi connectivity index (χ2n) is 9.79. The van der Waals surface area contributed by atoms with E-state index in [0.717, 1.165) is 22.6 Å². The molecule has 1 aliphatic rings. The summed E-state index contributed by atoms with van der Waals surface area (Å²) in [5, 5.41) is 9.68. The highest BCUT2D eigenvalue weighted by Gasteiger charge is 2.35. The lowest BCUT2D eigenvalue weighted by atomic mass is 10.0. The van der Waals surface area contributed by atoms with Gasteiger partial charge in [-0.25, -0.2) is 9.59 Å². The maximum atomic E-state index is 14.3. The van der Waals surface area contributed by atoms with Crippen molar-refractivity contribution in [2.75, 3.05) is 33.4 Å². The number of methoxy groups -OCH3 is 1. The molecule has 210 valence electrons. The summed E-state index contributed by atoms with van der Waals surface area (Å²) in [5.74, 6) is -0.153. The van der Waals surface area contributed by atoms with Crippen LogP contribution in [0.2, 0.25) is 0 Å². The highest BCUT2D eigenvalue weighted by molar-refractivity contribution is 6.01. The second kappa shape index (κ2) is 12.0. The summed E-state index contributed by atoms with van der Waals surface area (Å²) in [6, 6.07) is 27.5. The van der Waals surface area contributed by atoms with Gasteiger partial charge in [-0.1, -0.05) is 48.5 Å². The molecule has 0 radical (unpaired) electrons. The van der Waals surface area contributed by atoms with Crippen LogP contribution in [-0.2, 0) is 4.74 Å². The van der Waals surface area contributed by atoms with E-state index < -0.39 is 18.1 Å². The number of piperazine rings is 1. The van der Waals surface area contributed by atoms with Crippen LogP contribution in [0.4, 0.5) is 4.79 Å². The van der Waals surface area contributed by atoms with E-state index in [0.29, 0.717) is 16.9 Å². The molecule has 1 aromatic heterocycles. The molecule has 0 bridgehead atoms. The number of benzene rings is 3. The fourth-order valence-electron chi connectivity index (χ4n) is 5.18. The Balaban J connectivity index is 1.47. The summed E-state index contributed by atoms with van der Waals surface area (Å²) in [6.07, 6.45) is -1.04. The molecule has 0 spiro atoms. The van der Waals surface area contributed by atoms with Crippen LogP contribution < -0.4 is 4.74 Å². The fraction of sp³-hybridized carbons (Fsp3) is 0.219. The van der Waals surface area contributed by atoms with Crippen molar-refractivity contribution < 1.29 is 29.0 Å². The summed E-state index contributed by atoms with van der Waals surface area (Å²) in [6.45, 7) is 2.58. The molecule has 3 aromatic carbocycles. The standard InChI is InChI=1S/C32H31N3O6/c1-22-19-28(29(23-9-5-3-6-10-23)35(22)25-11-7-4-8-12-25)30(36)34-18-17-33(32(38)39)20-26(34)21-41-27-15-13-24(14-16-27)31(37)40-2/h3-16,19,26H,17-18,20-21H2,1-2H3,(H,38,39). The molecule has 1 unspecified atom stereocenters. The number of ether oxygens (including phenoxy) is 2. The van der Waals surface area contributed by atoms with Crippen LogP contribution >= 0.6 is 0 Å². The third kappa shape index (κ3) is 5.79. The summed E-state index contributed by atoms with van der Waals surface area (Å²) in [7, 11) is 1.31. The van der Waals surface area contributed by atoms with Gasteiger partial charge in [0.1, 0.15) is 12.4 Å². The number of amides is 2. The van der Waals surface area contributed by atoms with E-state index in [1.54, 1.807) is 29.2 Å². The molecule has 1 saturated heterocycles. The third-order valence-electron chi connectivity index (χ3n) is 7.21. The normalized spacial score (nSPS) is 14.9. The average Bonchev–Trinajstić information content (AvgIpc) is 3.37. The van der Waals surface area contributed by atoms with Crippen molar-refractivity contribution in [2.24, 2.45) is 0 Å². The topological polar surface area (TPSA) is 101 Å².